The second-order valence-electron chi connectivity index (χ2n) is 5.38. The van der Waals surface area contributed by atoms with Gasteiger partial charge in [-0.15, -0.1) is 0 Å². The third-order valence-corrected chi connectivity index (χ3v) is 8.97. The lowest BCUT2D eigenvalue weighted by Gasteiger charge is -2.63. The van der Waals surface area contributed by atoms with Crippen LogP contribution in [-0.4, -0.2) is 58.5 Å². The Morgan fingerprint density at radius 3 is 1.50 bits per heavy atom. The second-order valence-corrected chi connectivity index (χ2v) is 10.4. The normalized spacial score (nSPS) is 28.9. The summed E-state index contributed by atoms with van der Waals surface area (Å²) in [6, 6.07) is 0. The van der Waals surface area contributed by atoms with Crippen molar-refractivity contribution in [2.45, 2.75) is 33.2 Å². The van der Waals surface area contributed by atoms with Gasteiger partial charge in [-0.05, 0) is 49.0 Å². The topological polar surface area (TPSA) is 13.0 Å². The van der Waals surface area contributed by atoms with Gasteiger partial charge in [-0.3, -0.25) is 9.34 Å². The zero-order valence-corrected chi connectivity index (χ0v) is 13.7. The van der Waals surface area contributed by atoms with Crippen molar-refractivity contribution in [2.75, 3.05) is 34.7 Å². The summed E-state index contributed by atoms with van der Waals surface area (Å²) < 4.78 is 10.1. The van der Waals surface area contributed by atoms with Gasteiger partial charge in [0.25, 0.3) is 0 Å². The van der Waals surface area contributed by atoms with E-state index in [1.54, 1.807) is 0 Å². The van der Waals surface area contributed by atoms with Crippen LogP contribution in [0, 0.1) is 0 Å². The van der Waals surface area contributed by atoms with Gasteiger partial charge in [0.2, 0.25) is 0 Å². The van der Waals surface area contributed by atoms with Crippen LogP contribution in [0.15, 0.2) is 0 Å². The van der Waals surface area contributed by atoms with Crippen molar-refractivity contribution >= 4 is 16.7 Å². The van der Waals surface area contributed by atoms with Gasteiger partial charge in [-0.2, -0.15) is 0 Å². The van der Waals surface area contributed by atoms with Crippen LogP contribution in [0.3, 0.4) is 0 Å². The van der Waals surface area contributed by atoms with Gasteiger partial charge >= 0.3 is 0 Å². The molecule has 0 aromatic carbocycles. The molecule has 0 unspecified atom stereocenters. The summed E-state index contributed by atoms with van der Waals surface area (Å²) >= 11 is 0. The van der Waals surface area contributed by atoms with E-state index < -0.39 is 0 Å². The number of nitrogens with zero attached hydrogens (tertiary/aromatic N) is 4. The largest absolute Gasteiger partial charge is 0.263 e. The molecule has 0 bridgehead atoms. The molecule has 1 aliphatic heterocycles. The van der Waals surface area contributed by atoms with Gasteiger partial charge in [0, 0.05) is 12.1 Å². The molecule has 0 saturated carbocycles. The first-order valence-electron chi connectivity index (χ1n) is 5.74. The average molecular weight is 264 g/mol. The molecule has 0 spiro atoms. The fourth-order valence-corrected chi connectivity index (χ4v) is 8.93. The highest BCUT2D eigenvalue weighted by molar-refractivity contribution is 7.80. The fourth-order valence-electron chi connectivity index (χ4n) is 1.85. The molecule has 0 aliphatic carbocycles. The lowest BCUT2D eigenvalue weighted by molar-refractivity contribution is 0.302. The molecule has 0 aromatic rings. The van der Waals surface area contributed by atoms with Crippen LogP contribution in [-0.2, 0) is 0 Å². The van der Waals surface area contributed by atoms with Crippen LogP contribution >= 0.6 is 16.7 Å². The Hall–Kier alpha value is 0.700. The van der Waals surface area contributed by atoms with E-state index >= 15 is 0 Å². The van der Waals surface area contributed by atoms with Gasteiger partial charge in [0.1, 0.15) is 16.7 Å². The molecule has 0 aromatic heterocycles. The third kappa shape index (κ3) is 2.58. The highest BCUT2D eigenvalue weighted by Crippen LogP contribution is 2.79. The zero-order chi connectivity index (χ0) is 12.7. The molecule has 1 heterocycles. The van der Waals surface area contributed by atoms with Gasteiger partial charge in [0.15, 0.2) is 0 Å². The molecule has 1 saturated heterocycles. The van der Waals surface area contributed by atoms with Crippen LogP contribution in [0.2, 0.25) is 0 Å². The van der Waals surface area contributed by atoms with Gasteiger partial charge in [-0.1, -0.05) is 6.92 Å². The van der Waals surface area contributed by atoms with Crippen molar-refractivity contribution in [1.29, 1.82) is 0 Å². The Labute approximate surface area is 103 Å². The molecule has 0 amide bonds. The molecule has 0 radical (unpaired) electrons. The van der Waals surface area contributed by atoms with E-state index in [2.05, 4.69) is 74.1 Å². The molecule has 1 rings (SSSR count). The molecule has 96 valence electrons. The first kappa shape index (κ1) is 14.8. The van der Waals surface area contributed by atoms with Crippen LogP contribution in [0.1, 0.15) is 27.7 Å². The number of hydrogen-bond acceptors (Lipinski definition) is 4. The molecule has 6 heteroatoms. The highest BCUT2D eigenvalue weighted by Gasteiger charge is 2.53. The number of rotatable bonds is 3. The van der Waals surface area contributed by atoms with Gasteiger partial charge < -0.3 is 0 Å². The van der Waals surface area contributed by atoms with Crippen LogP contribution < -0.4 is 0 Å². The molecule has 1 fully saturated rings. The maximum Gasteiger partial charge on any atom is 0.131 e. The van der Waals surface area contributed by atoms with Crippen molar-refractivity contribution in [1.82, 2.24) is 18.2 Å². The average Bonchev–Trinajstić information content (AvgIpc) is 1.97. The molecule has 2 atom stereocenters. The first-order chi connectivity index (χ1) is 7.21. The maximum absolute atomic E-state index is 2.68. The van der Waals surface area contributed by atoms with E-state index in [1.165, 1.54) is 0 Å². The minimum absolute atomic E-state index is 0.248. The summed E-state index contributed by atoms with van der Waals surface area (Å²) in [5.74, 6) is 0. The summed E-state index contributed by atoms with van der Waals surface area (Å²) in [5.41, 5.74) is 0.248. The fraction of sp³-hybridized carbons (Fsp3) is 1.00. The zero-order valence-electron chi connectivity index (χ0n) is 11.9. The molecular weight excluding hydrogens is 238 g/mol. The van der Waals surface area contributed by atoms with E-state index in [0.29, 0.717) is 0 Å². The SMILES string of the molecule is CCN1[P@@](N(C)C)N(C(C)(C)C)[P@]1N(C)C. The molecule has 1 aliphatic rings. The van der Waals surface area contributed by atoms with Crippen LogP contribution in [0.4, 0.5) is 0 Å². The van der Waals surface area contributed by atoms with E-state index in [4.69, 9.17) is 0 Å². The van der Waals surface area contributed by atoms with Crippen molar-refractivity contribution < 1.29 is 0 Å². The van der Waals surface area contributed by atoms with Crippen LogP contribution in [0.5, 0.6) is 0 Å². The van der Waals surface area contributed by atoms with E-state index in [9.17, 15) is 0 Å². The van der Waals surface area contributed by atoms with Gasteiger partial charge in [0.05, 0.1) is 0 Å². The van der Waals surface area contributed by atoms with Crippen molar-refractivity contribution in [3.8, 4) is 0 Å². The Balaban J connectivity index is 2.92. The predicted octanol–water partition coefficient (Wildman–Crippen LogP) is 3.00. The summed E-state index contributed by atoms with van der Waals surface area (Å²) in [7, 11) is 8.25. The summed E-state index contributed by atoms with van der Waals surface area (Å²) in [4.78, 5) is 0. The minimum Gasteiger partial charge on any atom is -0.263 e. The summed E-state index contributed by atoms with van der Waals surface area (Å²) in [6.07, 6.45) is 0. The monoisotopic (exact) mass is 264 g/mol. The molecule has 0 N–H and O–H groups in total. The molecular formula is C10H26N4P2. The van der Waals surface area contributed by atoms with Crippen molar-refractivity contribution in [2.24, 2.45) is 0 Å². The lowest BCUT2D eigenvalue weighted by Crippen LogP contribution is -2.52. The predicted molar refractivity (Wildman–Crippen MR) is 75.2 cm³/mol. The Kier molecular flexibility index (Phi) is 4.74. The smallest absolute Gasteiger partial charge is 0.131 e. The third-order valence-electron chi connectivity index (χ3n) is 2.35. The van der Waals surface area contributed by atoms with E-state index in [0.717, 1.165) is 6.54 Å². The first-order valence-corrected chi connectivity index (χ1v) is 8.14. The Morgan fingerprint density at radius 2 is 1.31 bits per heavy atom. The molecule has 4 nitrogen and oxygen atoms in total. The Morgan fingerprint density at radius 1 is 0.938 bits per heavy atom. The molecule has 16 heavy (non-hydrogen) atoms. The Bertz CT molecular complexity index is 223. The van der Waals surface area contributed by atoms with E-state index in [1.807, 2.05) is 0 Å². The quantitative estimate of drug-likeness (QED) is 0.726. The van der Waals surface area contributed by atoms with Gasteiger partial charge in [-0.25, -0.2) is 8.88 Å². The lowest BCUT2D eigenvalue weighted by atomic mass is 10.1. The number of hydrogen-bond donors (Lipinski definition) is 0. The standard InChI is InChI=1S/C10H26N4P2/c1-9-13-15(11(5)6)14(10(2,3)4)16(13)12(7)8/h9H2,1-8H3/t15-,16-/m1/s1. The second kappa shape index (κ2) is 5.14. The minimum atomic E-state index is -0.256. The van der Waals surface area contributed by atoms with Crippen molar-refractivity contribution in [3.63, 3.8) is 0 Å². The summed E-state index contributed by atoms with van der Waals surface area (Å²) in [6.45, 7) is 10.4. The van der Waals surface area contributed by atoms with Crippen LogP contribution in [0.25, 0.3) is 0 Å². The van der Waals surface area contributed by atoms with Crippen molar-refractivity contribution in [3.05, 3.63) is 0 Å². The maximum atomic E-state index is 2.68. The highest BCUT2D eigenvalue weighted by atomic mass is 31.3. The summed E-state index contributed by atoms with van der Waals surface area (Å²) in [5, 5.41) is 0. The van der Waals surface area contributed by atoms with E-state index in [-0.39, 0.29) is 22.3 Å².